The van der Waals surface area contributed by atoms with Gasteiger partial charge in [-0.3, -0.25) is 4.79 Å². The molecule has 1 aromatic rings. The van der Waals surface area contributed by atoms with Crippen molar-refractivity contribution in [1.82, 2.24) is 14.8 Å². The van der Waals surface area contributed by atoms with Crippen molar-refractivity contribution in [2.75, 3.05) is 6.61 Å². The summed E-state index contributed by atoms with van der Waals surface area (Å²) in [6.07, 6.45) is -0.685. The van der Waals surface area contributed by atoms with E-state index < -0.39 is 30.1 Å². The number of nitrogens with zero attached hydrogens (tertiary/aromatic N) is 3. The molecule has 0 spiro atoms. The average molecular weight is 242 g/mol. The average Bonchev–Trinajstić information content (AvgIpc) is 2.86. The van der Waals surface area contributed by atoms with Crippen molar-refractivity contribution in [3.05, 3.63) is 12.2 Å². The fourth-order valence-electron chi connectivity index (χ4n) is 2.19. The minimum Gasteiger partial charge on any atom is -0.396 e. The van der Waals surface area contributed by atoms with Crippen LogP contribution < -0.4 is 5.73 Å². The van der Waals surface area contributed by atoms with Gasteiger partial charge in [0.2, 0.25) is 5.82 Å². The number of aliphatic hydroxyl groups excluding tert-OH is 3. The summed E-state index contributed by atoms with van der Waals surface area (Å²) in [5.41, 5.74) is 5.12. The van der Waals surface area contributed by atoms with Crippen LogP contribution in [0, 0.1) is 5.92 Å². The summed E-state index contributed by atoms with van der Waals surface area (Å²) in [7, 11) is 0. The molecule has 0 bridgehead atoms. The summed E-state index contributed by atoms with van der Waals surface area (Å²) in [5, 5.41) is 32.4. The first-order valence-electron chi connectivity index (χ1n) is 5.22. The zero-order valence-corrected chi connectivity index (χ0v) is 8.97. The van der Waals surface area contributed by atoms with E-state index in [9.17, 15) is 15.0 Å². The van der Waals surface area contributed by atoms with Crippen LogP contribution in [-0.4, -0.2) is 54.8 Å². The molecule has 0 saturated heterocycles. The molecule has 0 aromatic carbocycles. The number of amides is 1. The van der Waals surface area contributed by atoms with Gasteiger partial charge in [-0.25, -0.2) is 9.67 Å². The van der Waals surface area contributed by atoms with E-state index in [0.29, 0.717) is 6.42 Å². The van der Waals surface area contributed by atoms with Crippen molar-refractivity contribution in [3.8, 4) is 0 Å². The summed E-state index contributed by atoms with van der Waals surface area (Å²) in [5.74, 6) is -1.27. The number of hydrogen-bond donors (Lipinski definition) is 4. The van der Waals surface area contributed by atoms with Gasteiger partial charge in [0.1, 0.15) is 12.4 Å². The van der Waals surface area contributed by atoms with Gasteiger partial charge in [-0.1, -0.05) is 0 Å². The van der Waals surface area contributed by atoms with Crippen LogP contribution in [0.1, 0.15) is 23.1 Å². The lowest BCUT2D eigenvalue weighted by atomic mass is 10.1. The molecule has 1 aliphatic rings. The second-order valence-corrected chi connectivity index (χ2v) is 4.12. The van der Waals surface area contributed by atoms with Crippen LogP contribution >= 0.6 is 0 Å². The summed E-state index contributed by atoms with van der Waals surface area (Å²) in [6.45, 7) is -0.241. The number of primary amides is 1. The van der Waals surface area contributed by atoms with Crippen LogP contribution in [0.5, 0.6) is 0 Å². The summed E-state index contributed by atoms with van der Waals surface area (Å²) >= 11 is 0. The molecule has 8 heteroatoms. The van der Waals surface area contributed by atoms with Crippen LogP contribution in [0.2, 0.25) is 0 Å². The van der Waals surface area contributed by atoms with Gasteiger partial charge in [0, 0.05) is 12.5 Å². The van der Waals surface area contributed by atoms with Crippen molar-refractivity contribution in [3.63, 3.8) is 0 Å². The molecule has 0 unspecified atom stereocenters. The predicted octanol–water partition coefficient (Wildman–Crippen LogP) is -2.35. The highest BCUT2D eigenvalue weighted by Gasteiger charge is 2.43. The Kier molecular flexibility index (Phi) is 3.09. The van der Waals surface area contributed by atoms with E-state index >= 15 is 0 Å². The largest absolute Gasteiger partial charge is 0.396 e. The molecule has 1 fully saturated rings. The smallest absolute Gasteiger partial charge is 0.286 e. The van der Waals surface area contributed by atoms with Crippen LogP contribution in [0.15, 0.2) is 6.33 Å². The van der Waals surface area contributed by atoms with Gasteiger partial charge in [-0.2, -0.15) is 5.10 Å². The lowest BCUT2D eigenvalue weighted by molar-refractivity contribution is -0.00565. The molecule has 4 atom stereocenters. The second kappa shape index (κ2) is 4.40. The Bertz CT molecular complexity index is 421. The number of carbonyl (C=O) groups is 1. The van der Waals surface area contributed by atoms with E-state index in [0.717, 1.165) is 6.33 Å². The SMILES string of the molecule is NC(=O)c1ncnn1[C@@H]1C[C@H](CO)[C@@H](O)[C@H]1O. The highest BCUT2D eigenvalue weighted by molar-refractivity contribution is 5.88. The van der Waals surface area contributed by atoms with Crippen LogP contribution in [0.4, 0.5) is 0 Å². The van der Waals surface area contributed by atoms with Crippen molar-refractivity contribution < 1.29 is 20.1 Å². The van der Waals surface area contributed by atoms with E-state index in [1.54, 1.807) is 0 Å². The Morgan fingerprint density at radius 1 is 1.53 bits per heavy atom. The zero-order chi connectivity index (χ0) is 12.6. The Morgan fingerprint density at radius 2 is 2.24 bits per heavy atom. The summed E-state index contributed by atoms with van der Waals surface area (Å²) in [6, 6.07) is -0.604. The van der Waals surface area contributed by atoms with E-state index in [1.165, 1.54) is 4.68 Å². The number of aliphatic hydroxyl groups is 3. The van der Waals surface area contributed by atoms with Gasteiger partial charge in [-0.05, 0) is 6.42 Å². The van der Waals surface area contributed by atoms with E-state index in [2.05, 4.69) is 10.1 Å². The Hall–Kier alpha value is -1.51. The first kappa shape index (κ1) is 12.0. The van der Waals surface area contributed by atoms with Crippen molar-refractivity contribution >= 4 is 5.91 Å². The third kappa shape index (κ3) is 1.90. The lowest BCUT2D eigenvalue weighted by Gasteiger charge is -2.17. The maximum atomic E-state index is 11.1. The van der Waals surface area contributed by atoms with Crippen molar-refractivity contribution in [2.24, 2.45) is 11.7 Å². The van der Waals surface area contributed by atoms with Gasteiger partial charge in [0.25, 0.3) is 5.91 Å². The Balaban J connectivity index is 2.29. The van der Waals surface area contributed by atoms with Gasteiger partial charge < -0.3 is 21.1 Å². The molecule has 8 nitrogen and oxygen atoms in total. The van der Waals surface area contributed by atoms with Crippen LogP contribution in [-0.2, 0) is 0 Å². The van der Waals surface area contributed by atoms with E-state index in [1.807, 2.05) is 0 Å². The Morgan fingerprint density at radius 3 is 2.76 bits per heavy atom. The normalized spacial score (nSPS) is 32.9. The number of carbonyl (C=O) groups excluding carboxylic acids is 1. The maximum Gasteiger partial charge on any atom is 0.286 e. The van der Waals surface area contributed by atoms with Gasteiger partial charge >= 0.3 is 0 Å². The van der Waals surface area contributed by atoms with Crippen LogP contribution in [0.25, 0.3) is 0 Å². The highest BCUT2D eigenvalue weighted by atomic mass is 16.3. The van der Waals surface area contributed by atoms with E-state index in [4.69, 9.17) is 10.8 Å². The quantitative estimate of drug-likeness (QED) is 0.469. The fraction of sp³-hybridized carbons (Fsp3) is 0.667. The second-order valence-electron chi connectivity index (χ2n) is 4.12. The molecule has 17 heavy (non-hydrogen) atoms. The maximum absolute atomic E-state index is 11.1. The number of hydrogen-bond acceptors (Lipinski definition) is 6. The number of aromatic nitrogens is 3. The Labute approximate surface area is 96.7 Å². The monoisotopic (exact) mass is 242 g/mol. The molecular weight excluding hydrogens is 228 g/mol. The molecule has 94 valence electrons. The zero-order valence-electron chi connectivity index (χ0n) is 8.97. The highest BCUT2D eigenvalue weighted by Crippen LogP contribution is 2.35. The fourth-order valence-corrected chi connectivity index (χ4v) is 2.19. The number of nitrogens with two attached hydrogens (primary N) is 1. The van der Waals surface area contributed by atoms with Crippen molar-refractivity contribution in [2.45, 2.75) is 24.7 Å². The molecule has 1 aromatic heterocycles. The molecule has 1 amide bonds. The minimum atomic E-state index is -1.10. The van der Waals surface area contributed by atoms with Gasteiger partial charge in [0.05, 0.1) is 12.1 Å². The van der Waals surface area contributed by atoms with E-state index in [-0.39, 0.29) is 12.4 Å². The topological polar surface area (TPSA) is 134 Å². The van der Waals surface area contributed by atoms with Gasteiger partial charge in [-0.15, -0.1) is 0 Å². The molecule has 1 aliphatic carbocycles. The minimum absolute atomic E-state index is 0.0696. The molecular formula is C9H14N4O4. The summed E-state index contributed by atoms with van der Waals surface area (Å²) < 4.78 is 1.20. The standard InChI is InChI=1S/C9H14N4O4/c10-8(17)9-11-3-12-13(9)5-1-4(2-14)6(15)7(5)16/h3-7,14-16H,1-2H2,(H2,10,17)/t4-,5-,6-,7+/m1/s1. The molecule has 5 N–H and O–H groups in total. The van der Waals surface area contributed by atoms with Gasteiger partial charge in [0.15, 0.2) is 0 Å². The molecule has 0 radical (unpaired) electrons. The molecule has 1 saturated carbocycles. The first-order chi connectivity index (χ1) is 8.06. The third-order valence-corrected chi connectivity index (χ3v) is 3.11. The number of rotatable bonds is 3. The third-order valence-electron chi connectivity index (χ3n) is 3.11. The first-order valence-corrected chi connectivity index (χ1v) is 5.22. The molecule has 2 rings (SSSR count). The molecule has 0 aliphatic heterocycles. The van der Waals surface area contributed by atoms with Crippen LogP contribution in [0.3, 0.4) is 0 Å². The summed E-state index contributed by atoms with van der Waals surface area (Å²) in [4.78, 5) is 14.8. The molecule has 1 heterocycles. The van der Waals surface area contributed by atoms with Crippen molar-refractivity contribution in [1.29, 1.82) is 0 Å². The predicted molar refractivity (Wildman–Crippen MR) is 54.8 cm³/mol. The lowest BCUT2D eigenvalue weighted by Crippen LogP contribution is -2.32.